The number of nitrogens with zero attached hydrogens (tertiary/aromatic N) is 1. The summed E-state index contributed by atoms with van der Waals surface area (Å²) in [6.07, 6.45) is 6.38. The molecular weight excluding hydrogens is 374 g/mol. The average molecular weight is 410 g/mol. The minimum Gasteiger partial charge on any atom is -0.340 e. The van der Waals surface area contributed by atoms with E-state index in [2.05, 4.69) is 111 Å². The van der Waals surface area contributed by atoms with Gasteiger partial charge in [-0.25, -0.2) is 0 Å². The molecule has 160 valence electrons. The zero-order valence-electron chi connectivity index (χ0n) is 19.4. The molecule has 0 radical (unpaired) electrons. The monoisotopic (exact) mass is 409 g/mol. The second kappa shape index (κ2) is 13.2. The quantitative estimate of drug-likeness (QED) is 0.266. The van der Waals surface area contributed by atoms with Gasteiger partial charge in [-0.1, -0.05) is 68.2 Å². The van der Waals surface area contributed by atoms with Crippen LogP contribution in [-0.4, -0.2) is 0 Å². The van der Waals surface area contributed by atoms with Gasteiger partial charge in [0.05, 0.1) is 5.69 Å². The van der Waals surface area contributed by atoms with Crippen LogP contribution in [0.15, 0.2) is 73.0 Å². The third-order valence-electron chi connectivity index (χ3n) is 5.05. The minimum atomic E-state index is 0.821. The molecule has 1 aliphatic rings. The molecule has 3 rings (SSSR count). The van der Waals surface area contributed by atoms with Gasteiger partial charge in [0.1, 0.15) is 0 Å². The summed E-state index contributed by atoms with van der Waals surface area (Å²) in [5, 5.41) is 0. The van der Waals surface area contributed by atoms with E-state index < -0.39 is 0 Å². The van der Waals surface area contributed by atoms with Crippen molar-refractivity contribution in [3.63, 3.8) is 0 Å². The van der Waals surface area contributed by atoms with Crippen molar-refractivity contribution < 1.29 is 0 Å². The highest BCUT2D eigenvalue weighted by Crippen LogP contribution is 2.29. The first-order valence-corrected chi connectivity index (χ1v) is 11.3. The maximum absolute atomic E-state index is 4.39. The summed E-state index contributed by atoms with van der Waals surface area (Å²) >= 11 is 0. The number of hydrogen-bond acceptors (Lipinski definition) is 1. The highest BCUT2D eigenvalue weighted by Gasteiger charge is 2.17. The molecule has 1 heterocycles. The lowest BCUT2D eigenvalue weighted by Gasteiger charge is -2.29. The van der Waals surface area contributed by atoms with Crippen molar-refractivity contribution in [3.8, 4) is 23.7 Å². The van der Waals surface area contributed by atoms with Crippen molar-refractivity contribution in [2.24, 2.45) is 0 Å². The summed E-state index contributed by atoms with van der Waals surface area (Å²) in [5.74, 6) is 12.6. The topological polar surface area (TPSA) is 3.24 Å². The van der Waals surface area contributed by atoms with Gasteiger partial charge in [-0.2, -0.15) is 0 Å². The van der Waals surface area contributed by atoms with E-state index in [1.165, 1.54) is 17.6 Å². The van der Waals surface area contributed by atoms with Crippen LogP contribution in [0.1, 0.15) is 76.0 Å². The molecule has 0 fully saturated rings. The molecule has 1 aliphatic heterocycles. The normalized spacial score (nSPS) is 11.0. The molecule has 1 heteroatoms. The Morgan fingerprint density at radius 3 is 2.13 bits per heavy atom. The number of hydrogen-bond donors (Lipinski definition) is 0. The summed E-state index contributed by atoms with van der Waals surface area (Å²) in [5.41, 5.74) is 7.01. The van der Waals surface area contributed by atoms with E-state index in [9.17, 15) is 0 Å². The Hall–Kier alpha value is -3.16. The molecule has 2 aromatic rings. The van der Waals surface area contributed by atoms with Crippen LogP contribution >= 0.6 is 0 Å². The fourth-order valence-electron chi connectivity index (χ4n) is 3.41. The summed E-state index contributed by atoms with van der Waals surface area (Å²) < 4.78 is 0. The average Bonchev–Trinajstić information content (AvgIpc) is 2.77. The van der Waals surface area contributed by atoms with Crippen molar-refractivity contribution in [3.05, 3.63) is 89.6 Å². The zero-order valence-corrected chi connectivity index (χ0v) is 19.4. The molecular formula is C30H35N. The van der Waals surface area contributed by atoms with E-state index >= 15 is 0 Å². The maximum Gasteiger partial charge on any atom is 0.0570 e. The minimum absolute atomic E-state index is 0.821. The molecule has 0 bridgehead atoms. The van der Waals surface area contributed by atoms with Gasteiger partial charge in [0.25, 0.3) is 0 Å². The molecule has 0 unspecified atom stereocenters. The van der Waals surface area contributed by atoms with E-state index in [0.717, 1.165) is 61.2 Å². The highest BCUT2D eigenvalue weighted by molar-refractivity contribution is 5.66. The second-order valence-electron chi connectivity index (χ2n) is 7.80. The number of para-hydroxylation sites is 1. The van der Waals surface area contributed by atoms with Crippen molar-refractivity contribution in [1.82, 2.24) is 0 Å². The highest BCUT2D eigenvalue weighted by atomic mass is 15.1. The third kappa shape index (κ3) is 7.88. The molecule has 0 saturated heterocycles. The molecule has 0 saturated carbocycles. The van der Waals surface area contributed by atoms with E-state index in [0.29, 0.717) is 0 Å². The van der Waals surface area contributed by atoms with Crippen molar-refractivity contribution >= 4 is 5.69 Å². The number of unbranched alkanes of at least 4 members (excludes halogenated alkanes) is 1. The SMILES string of the molecule is C=C(C)CCCCC(=C)N1Cc2ccccc2C#Cc2ccccc21.CCC#CCC. The van der Waals surface area contributed by atoms with Crippen molar-refractivity contribution in [1.29, 1.82) is 0 Å². The first-order valence-electron chi connectivity index (χ1n) is 11.3. The molecule has 0 spiro atoms. The van der Waals surface area contributed by atoms with Gasteiger partial charge in [0.2, 0.25) is 0 Å². The Bertz CT molecular complexity index is 996. The summed E-state index contributed by atoms with van der Waals surface area (Å²) in [4.78, 5) is 2.34. The fourth-order valence-corrected chi connectivity index (χ4v) is 3.41. The van der Waals surface area contributed by atoms with Crippen molar-refractivity contribution in [2.75, 3.05) is 4.90 Å². The molecule has 0 aliphatic carbocycles. The third-order valence-corrected chi connectivity index (χ3v) is 5.05. The van der Waals surface area contributed by atoms with Gasteiger partial charge in [-0.15, -0.1) is 18.4 Å². The summed E-state index contributed by atoms with van der Waals surface area (Å²) in [6.45, 7) is 15.4. The van der Waals surface area contributed by atoms with Gasteiger partial charge in [-0.3, -0.25) is 0 Å². The van der Waals surface area contributed by atoms with E-state index in [1.54, 1.807) is 0 Å². The lowest BCUT2D eigenvalue weighted by molar-refractivity contribution is 0.704. The van der Waals surface area contributed by atoms with Crippen molar-refractivity contribution in [2.45, 2.75) is 65.8 Å². The number of fused-ring (bicyclic) bond motifs is 2. The van der Waals surface area contributed by atoms with Gasteiger partial charge >= 0.3 is 0 Å². The smallest absolute Gasteiger partial charge is 0.0570 e. The number of benzene rings is 2. The van der Waals surface area contributed by atoms with Crippen LogP contribution < -0.4 is 4.90 Å². The van der Waals surface area contributed by atoms with Crippen LogP contribution in [0.3, 0.4) is 0 Å². The number of allylic oxidation sites excluding steroid dienone is 2. The van der Waals surface area contributed by atoms with E-state index in [-0.39, 0.29) is 0 Å². The Labute approximate surface area is 189 Å². The van der Waals surface area contributed by atoms with Gasteiger partial charge in [-0.05, 0) is 56.4 Å². The molecule has 0 N–H and O–H groups in total. The molecule has 0 amide bonds. The molecule has 0 aromatic heterocycles. The summed E-state index contributed by atoms with van der Waals surface area (Å²) in [6, 6.07) is 16.8. The molecule has 1 nitrogen and oxygen atoms in total. The lowest BCUT2D eigenvalue weighted by atomic mass is 10.0. The second-order valence-corrected chi connectivity index (χ2v) is 7.80. The zero-order chi connectivity index (χ0) is 22.5. The van der Waals surface area contributed by atoms with E-state index in [4.69, 9.17) is 0 Å². The largest absolute Gasteiger partial charge is 0.340 e. The van der Waals surface area contributed by atoms with Gasteiger partial charge in [0.15, 0.2) is 0 Å². The predicted molar refractivity (Wildman–Crippen MR) is 136 cm³/mol. The predicted octanol–water partition coefficient (Wildman–Crippen LogP) is 7.87. The lowest BCUT2D eigenvalue weighted by Crippen LogP contribution is -2.23. The fraction of sp³-hybridized carbons (Fsp3) is 0.333. The Kier molecular flexibility index (Phi) is 10.3. The Morgan fingerprint density at radius 1 is 0.871 bits per heavy atom. The maximum atomic E-state index is 4.39. The summed E-state index contributed by atoms with van der Waals surface area (Å²) in [7, 11) is 0. The van der Waals surface area contributed by atoms with Crippen LogP contribution in [-0.2, 0) is 6.54 Å². The van der Waals surface area contributed by atoms with Gasteiger partial charge < -0.3 is 4.90 Å². The molecule has 0 atom stereocenters. The van der Waals surface area contributed by atoms with Crippen LogP contribution in [0, 0.1) is 23.7 Å². The molecule has 2 aromatic carbocycles. The van der Waals surface area contributed by atoms with Crippen LogP contribution in [0.5, 0.6) is 0 Å². The van der Waals surface area contributed by atoms with Crippen LogP contribution in [0.4, 0.5) is 5.69 Å². The van der Waals surface area contributed by atoms with Gasteiger partial charge in [0, 0.05) is 36.2 Å². The first-order chi connectivity index (χ1) is 15.1. The number of anilines is 1. The van der Waals surface area contributed by atoms with Crippen LogP contribution in [0.2, 0.25) is 0 Å². The first kappa shape index (κ1) is 24.1. The number of rotatable bonds is 6. The van der Waals surface area contributed by atoms with E-state index in [1.807, 2.05) is 0 Å². The Morgan fingerprint density at radius 2 is 1.45 bits per heavy atom. The standard InChI is InChI=1S/C24H25N.C6H10/c1-19(2)10-4-5-11-20(3)25-18-23-14-7-6-12-21(23)16-17-22-13-8-9-15-24(22)25;1-3-5-6-4-2/h6-9,12-15H,1,3-5,10-11,18H2,2H3;3-4H2,1-2H3. The Balaban J connectivity index is 0.000000501. The molecule has 31 heavy (non-hydrogen) atoms. The van der Waals surface area contributed by atoms with Crippen LogP contribution in [0.25, 0.3) is 0 Å².